The second-order valence-electron chi connectivity index (χ2n) is 5.62. The summed E-state index contributed by atoms with van der Waals surface area (Å²) in [6.07, 6.45) is 0. The van der Waals surface area contributed by atoms with Gasteiger partial charge in [-0.05, 0) is 73.2 Å². The van der Waals surface area contributed by atoms with E-state index in [9.17, 15) is 0 Å². The minimum Gasteiger partial charge on any atom is -0.492 e. The molecule has 0 aliphatic rings. The van der Waals surface area contributed by atoms with Crippen molar-refractivity contribution < 1.29 is 14.2 Å². The van der Waals surface area contributed by atoms with Gasteiger partial charge in [-0.3, -0.25) is 0 Å². The summed E-state index contributed by atoms with van der Waals surface area (Å²) in [5, 5.41) is 0. The van der Waals surface area contributed by atoms with E-state index in [1.54, 1.807) is 21.3 Å². The topological polar surface area (TPSA) is 27.7 Å². The molecule has 0 bridgehead atoms. The van der Waals surface area contributed by atoms with Crippen molar-refractivity contribution in [2.75, 3.05) is 21.3 Å². The van der Waals surface area contributed by atoms with Crippen LogP contribution in [-0.4, -0.2) is 21.3 Å². The molecule has 3 nitrogen and oxygen atoms in total. The van der Waals surface area contributed by atoms with Gasteiger partial charge in [0, 0.05) is 33.9 Å². The van der Waals surface area contributed by atoms with E-state index in [1.165, 1.54) is 0 Å². The maximum absolute atomic E-state index is 5.78. The third-order valence-corrected chi connectivity index (χ3v) is 6.88. The number of benzene rings is 3. The van der Waals surface area contributed by atoms with Crippen molar-refractivity contribution in [2.45, 2.75) is 0 Å². The van der Waals surface area contributed by atoms with Crippen LogP contribution >= 0.6 is 61.1 Å². The molecule has 27 heavy (non-hydrogen) atoms. The molecule has 0 aromatic heterocycles. The zero-order chi connectivity index (χ0) is 19.6. The van der Waals surface area contributed by atoms with Crippen LogP contribution in [0.2, 0.25) is 0 Å². The van der Waals surface area contributed by atoms with Gasteiger partial charge in [0.1, 0.15) is 0 Å². The third kappa shape index (κ3) is 3.80. The molecule has 3 aromatic carbocycles. The molecular weight excluding hydrogens is 634 g/mol. The van der Waals surface area contributed by atoms with Crippen LogP contribution in [0.3, 0.4) is 0 Å². The van der Waals surface area contributed by atoms with Gasteiger partial charge in [-0.15, -0.1) is 0 Å². The monoisotopic (exact) mass is 650 g/mol. The van der Waals surface area contributed by atoms with E-state index in [1.807, 2.05) is 24.3 Å². The molecule has 0 saturated heterocycles. The maximum Gasteiger partial charge on any atom is 0.204 e. The molecule has 0 saturated carbocycles. The van der Waals surface area contributed by atoms with Gasteiger partial charge in [-0.2, -0.15) is 0 Å². The molecule has 6 heteroatoms. The number of rotatable bonds is 5. The van der Waals surface area contributed by atoms with Gasteiger partial charge < -0.3 is 14.2 Å². The Labute approximate surface area is 194 Å². The third-order valence-electron chi connectivity index (χ3n) is 4.20. The molecule has 0 N–H and O–H groups in total. The molecule has 0 radical (unpaired) electrons. The van der Waals surface area contributed by atoms with Gasteiger partial charge in [0.2, 0.25) is 5.75 Å². The fourth-order valence-electron chi connectivity index (χ4n) is 3.04. The van der Waals surface area contributed by atoms with Crippen LogP contribution in [0.25, 0.3) is 22.3 Å². The van der Waals surface area contributed by atoms with Gasteiger partial charge in [0.15, 0.2) is 11.5 Å². The lowest BCUT2D eigenvalue weighted by Crippen LogP contribution is -2.02. The highest BCUT2D eigenvalue weighted by Gasteiger charge is 2.28. The van der Waals surface area contributed by atoms with Crippen LogP contribution in [0, 0.1) is 7.14 Å². The first-order valence-electron chi connectivity index (χ1n) is 8.06. The average Bonchev–Trinajstić information content (AvgIpc) is 2.68. The summed E-state index contributed by atoms with van der Waals surface area (Å²) < 4.78 is 20.5. The molecule has 140 valence electrons. The molecule has 3 rings (SSSR count). The summed E-state index contributed by atoms with van der Waals surface area (Å²) in [4.78, 5) is 0. The number of halogens is 3. The summed E-state index contributed by atoms with van der Waals surface area (Å²) in [5.74, 6) is 1.85. The lowest BCUT2D eigenvalue weighted by molar-refractivity contribution is 0.326. The number of hydrogen-bond donors (Lipinski definition) is 0. The summed E-state index contributed by atoms with van der Waals surface area (Å²) in [6, 6.07) is 16.4. The Morgan fingerprint density at radius 2 is 1.00 bits per heavy atom. The molecule has 0 aliphatic carbocycles. The van der Waals surface area contributed by atoms with E-state index in [2.05, 4.69) is 85.4 Å². The second kappa shape index (κ2) is 9.00. The Balaban J connectivity index is 2.50. The highest BCUT2D eigenvalue weighted by molar-refractivity contribution is 14.1. The van der Waals surface area contributed by atoms with Crippen LogP contribution in [0.1, 0.15) is 0 Å². The van der Waals surface area contributed by atoms with Gasteiger partial charge in [-0.1, -0.05) is 36.4 Å². The van der Waals surface area contributed by atoms with Crippen LogP contribution in [0.4, 0.5) is 0 Å². The van der Waals surface area contributed by atoms with E-state index >= 15 is 0 Å². The molecule has 0 atom stereocenters. The summed E-state index contributed by atoms with van der Waals surface area (Å²) in [6.45, 7) is 0. The molecule has 0 unspecified atom stereocenters. The van der Waals surface area contributed by atoms with Gasteiger partial charge in [-0.25, -0.2) is 0 Å². The zero-order valence-electron chi connectivity index (χ0n) is 15.0. The molecule has 0 spiro atoms. The van der Waals surface area contributed by atoms with E-state index in [0.717, 1.165) is 33.9 Å². The molecule has 0 heterocycles. The van der Waals surface area contributed by atoms with E-state index < -0.39 is 0 Å². The first-order chi connectivity index (χ1) is 13.0. The Bertz CT molecular complexity index is 915. The zero-order valence-corrected chi connectivity index (χ0v) is 20.9. The predicted molar refractivity (Wildman–Crippen MR) is 130 cm³/mol. The van der Waals surface area contributed by atoms with E-state index in [-0.39, 0.29) is 0 Å². The lowest BCUT2D eigenvalue weighted by atomic mass is 9.96. The Morgan fingerprint density at radius 3 is 1.33 bits per heavy atom. The van der Waals surface area contributed by atoms with Crippen LogP contribution in [0.5, 0.6) is 17.2 Å². The maximum atomic E-state index is 5.78. The molecule has 0 aliphatic heterocycles. The van der Waals surface area contributed by atoms with Crippen molar-refractivity contribution in [1.82, 2.24) is 0 Å². The molecule has 0 amide bonds. The summed E-state index contributed by atoms with van der Waals surface area (Å²) in [7, 11) is 4.93. The summed E-state index contributed by atoms with van der Waals surface area (Å²) >= 11 is 8.52. The van der Waals surface area contributed by atoms with Crippen LogP contribution < -0.4 is 14.2 Å². The van der Waals surface area contributed by atoms with Crippen molar-refractivity contribution in [3.05, 3.63) is 60.1 Å². The van der Waals surface area contributed by atoms with Gasteiger partial charge in [0.05, 0.1) is 21.3 Å². The molecular formula is C21H17BrI2O3. The average molecular weight is 651 g/mol. The van der Waals surface area contributed by atoms with Crippen molar-refractivity contribution >= 4 is 61.1 Å². The molecule has 0 fully saturated rings. The first kappa shape index (κ1) is 20.7. The lowest BCUT2D eigenvalue weighted by Gasteiger charge is -2.23. The Kier molecular flexibility index (Phi) is 6.91. The highest BCUT2D eigenvalue weighted by atomic mass is 127. The normalized spacial score (nSPS) is 10.6. The smallest absolute Gasteiger partial charge is 0.204 e. The summed E-state index contributed by atoms with van der Waals surface area (Å²) in [5.41, 5.74) is 4.01. The van der Waals surface area contributed by atoms with Gasteiger partial charge in [0.25, 0.3) is 0 Å². The quantitative estimate of drug-likeness (QED) is 0.278. The minimum atomic E-state index is 0.576. The van der Waals surface area contributed by atoms with Crippen LogP contribution in [0.15, 0.2) is 53.0 Å². The van der Waals surface area contributed by atoms with E-state index in [0.29, 0.717) is 17.2 Å². The molecule has 3 aromatic rings. The van der Waals surface area contributed by atoms with Crippen molar-refractivity contribution in [1.29, 1.82) is 0 Å². The number of ether oxygens (including phenoxy) is 3. The largest absolute Gasteiger partial charge is 0.492 e. The SMILES string of the molecule is COc1c(OC)c(-c2ccccc2I)c(Br)c(-c2ccccc2I)c1OC. The second-order valence-corrected chi connectivity index (χ2v) is 8.74. The number of hydrogen-bond acceptors (Lipinski definition) is 3. The Hall–Kier alpha value is -1.000. The Morgan fingerprint density at radius 1 is 0.630 bits per heavy atom. The van der Waals surface area contributed by atoms with Crippen molar-refractivity contribution in [3.63, 3.8) is 0 Å². The van der Waals surface area contributed by atoms with Gasteiger partial charge >= 0.3 is 0 Å². The van der Waals surface area contributed by atoms with Crippen molar-refractivity contribution in [3.8, 4) is 39.5 Å². The minimum absolute atomic E-state index is 0.576. The standard InChI is InChI=1S/C21H17BrI2O3/c1-25-19-16(12-8-4-6-10-14(12)23)18(22)17(20(26-2)21(19)27-3)13-9-5-7-11-15(13)24/h4-11H,1-3H3. The van der Waals surface area contributed by atoms with Crippen LogP contribution in [-0.2, 0) is 0 Å². The van der Waals surface area contributed by atoms with Crippen molar-refractivity contribution in [2.24, 2.45) is 0 Å². The fraction of sp³-hybridized carbons (Fsp3) is 0.143. The highest BCUT2D eigenvalue weighted by Crippen LogP contribution is 2.55. The first-order valence-corrected chi connectivity index (χ1v) is 11.0. The number of methoxy groups -OCH3 is 3. The van der Waals surface area contributed by atoms with E-state index in [4.69, 9.17) is 14.2 Å². The predicted octanol–water partition coefficient (Wildman–Crippen LogP) is 7.02. The fourth-order valence-corrected chi connectivity index (χ4v) is 5.14.